The number of likely N-dealkylation sites (tertiary alicyclic amines) is 1. The van der Waals surface area contributed by atoms with Gasteiger partial charge in [0.1, 0.15) is 5.84 Å². The molecule has 1 amide bonds. The summed E-state index contributed by atoms with van der Waals surface area (Å²) >= 11 is 0. The van der Waals surface area contributed by atoms with Crippen molar-refractivity contribution in [3.63, 3.8) is 0 Å². The molecule has 2 atom stereocenters. The molecule has 0 aliphatic carbocycles. The number of hydrogen-bond donors (Lipinski definition) is 2. The van der Waals surface area contributed by atoms with Crippen LogP contribution in [0.25, 0.3) is 0 Å². The topological polar surface area (TPSA) is 56.2 Å². The summed E-state index contributed by atoms with van der Waals surface area (Å²) < 4.78 is 0. The smallest absolute Gasteiger partial charge is 0.217 e. The van der Waals surface area contributed by atoms with E-state index in [0.717, 1.165) is 12.8 Å². The molecule has 80 valence electrons. The van der Waals surface area contributed by atoms with Gasteiger partial charge in [-0.25, -0.2) is 0 Å². The van der Waals surface area contributed by atoms with Crippen LogP contribution in [0.2, 0.25) is 0 Å². The molecule has 0 radical (unpaired) electrons. The van der Waals surface area contributed by atoms with Gasteiger partial charge in [-0.1, -0.05) is 0 Å². The van der Waals surface area contributed by atoms with Gasteiger partial charge in [-0.3, -0.25) is 10.2 Å². The van der Waals surface area contributed by atoms with Gasteiger partial charge < -0.3 is 10.2 Å². The molecule has 2 N–H and O–H groups in total. The number of carbonyl (C=O) groups excluding carboxylic acids is 1. The van der Waals surface area contributed by atoms with E-state index in [4.69, 9.17) is 5.41 Å². The van der Waals surface area contributed by atoms with Crippen LogP contribution in [0.5, 0.6) is 0 Å². The van der Waals surface area contributed by atoms with E-state index in [-0.39, 0.29) is 5.91 Å². The summed E-state index contributed by atoms with van der Waals surface area (Å²) in [6.45, 7) is 6.09. The van der Waals surface area contributed by atoms with Crippen LogP contribution < -0.4 is 5.32 Å². The molecule has 1 aliphatic heterocycles. The van der Waals surface area contributed by atoms with E-state index in [1.165, 1.54) is 6.92 Å². The van der Waals surface area contributed by atoms with Crippen molar-refractivity contribution in [3.05, 3.63) is 0 Å². The van der Waals surface area contributed by atoms with Crippen molar-refractivity contribution in [3.8, 4) is 0 Å². The second-order valence-electron chi connectivity index (χ2n) is 4.04. The summed E-state index contributed by atoms with van der Waals surface area (Å²) in [7, 11) is 0. The van der Waals surface area contributed by atoms with E-state index in [1.54, 1.807) is 0 Å². The molecular weight excluding hydrogens is 178 g/mol. The quantitative estimate of drug-likeness (QED) is 0.512. The van der Waals surface area contributed by atoms with Gasteiger partial charge in [-0.05, 0) is 26.7 Å². The molecule has 1 fully saturated rings. The van der Waals surface area contributed by atoms with Gasteiger partial charge in [-0.15, -0.1) is 0 Å². The first-order valence-electron chi connectivity index (χ1n) is 5.12. The lowest BCUT2D eigenvalue weighted by Gasteiger charge is -2.28. The molecule has 0 bridgehead atoms. The van der Waals surface area contributed by atoms with E-state index in [1.807, 2.05) is 0 Å². The van der Waals surface area contributed by atoms with Crippen molar-refractivity contribution in [2.75, 3.05) is 6.54 Å². The van der Waals surface area contributed by atoms with Crippen molar-refractivity contribution >= 4 is 11.7 Å². The summed E-state index contributed by atoms with van der Waals surface area (Å²) in [5.41, 5.74) is 0. The van der Waals surface area contributed by atoms with Crippen molar-refractivity contribution in [1.29, 1.82) is 5.41 Å². The Labute approximate surface area is 85.2 Å². The Bertz CT molecular complexity index is 230. The number of amidine groups is 1. The van der Waals surface area contributed by atoms with Gasteiger partial charge in [0.25, 0.3) is 0 Å². The largest absolute Gasteiger partial charge is 0.354 e. The average Bonchev–Trinajstić information content (AvgIpc) is 2.42. The molecule has 2 unspecified atom stereocenters. The minimum atomic E-state index is -0.0748. The average molecular weight is 197 g/mol. The maximum Gasteiger partial charge on any atom is 0.217 e. The van der Waals surface area contributed by atoms with Crippen molar-refractivity contribution in [2.24, 2.45) is 0 Å². The zero-order chi connectivity index (χ0) is 10.7. The molecule has 1 heterocycles. The standard InChI is InChI=1S/C10H19N3O/c1-7-4-5-8(2)13(7)10(11)6-12-9(3)14/h7-8,11H,4-6H2,1-3H3,(H,12,14). The van der Waals surface area contributed by atoms with Crippen LogP contribution >= 0.6 is 0 Å². The van der Waals surface area contributed by atoms with E-state index in [0.29, 0.717) is 24.5 Å². The maximum atomic E-state index is 10.7. The summed E-state index contributed by atoms with van der Waals surface area (Å²) in [5, 5.41) is 10.5. The Kier molecular flexibility index (Phi) is 3.49. The highest BCUT2D eigenvalue weighted by molar-refractivity contribution is 5.86. The lowest BCUT2D eigenvalue weighted by Crippen LogP contribution is -2.43. The molecule has 4 nitrogen and oxygen atoms in total. The maximum absolute atomic E-state index is 10.7. The predicted octanol–water partition coefficient (Wildman–Crippen LogP) is 0.973. The van der Waals surface area contributed by atoms with Crippen LogP contribution in [0.4, 0.5) is 0 Å². The number of nitrogens with one attached hydrogen (secondary N) is 2. The van der Waals surface area contributed by atoms with E-state index >= 15 is 0 Å². The third-order valence-corrected chi connectivity index (χ3v) is 2.77. The van der Waals surface area contributed by atoms with Crippen LogP contribution in [0.3, 0.4) is 0 Å². The molecule has 1 rings (SSSR count). The van der Waals surface area contributed by atoms with Crippen LogP contribution in [-0.4, -0.2) is 35.3 Å². The predicted molar refractivity (Wildman–Crippen MR) is 56.4 cm³/mol. The van der Waals surface area contributed by atoms with Gasteiger partial charge in [0.2, 0.25) is 5.91 Å². The van der Waals surface area contributed by atoms with Gasteiger partial charge >= 0.3 is 0 Å². The first kappa shape index (κ1) is 11.0. The normalized spacial score (nSPS) is 26.4. The molecule has 14 heavy (non-hydrogen) atoms. The summed E-state index contributed by atoms with van der Waals surface area (Å²) in [5.74, 6) is 0.451. The summed E-state index contributed by atoms with van der Waals surface area (Å²) in [6.07, 6.45) is 2.28. The Morgan fingerprint density at radius 2 is 1.93 bits per heavy atom. The minimum absolute atomic E-state index is 0.0748. The van der Waals surface area contributed by atoms with E-state index < -0.39 is 0 Å². The van der Waals surface area contributed by atoms with Crippen LogP contribution in [0.1, 0.15) is 33.6 Å². The second kappa shape index (κ2) is 4.44. The SMILES string of the molecule is CC(=O)NCC(=N)N1C(C)CCC1C. The number of amides is 1. The number of nitrogens with zero attached hydrogens (tertiary/aromatic N) is 1. The highest BCUT2D eigenvalue weighted by Gasteiger charge is 2.28. The number of rotatable bonds is 2. The first-order chi connectivity index (χ1) is 6.52. The van der Waals surface area contributed by atoms with Gasteiger partial charge in [0.15, 0.2) is 0 Å². The van der Waals surface area contributed by atoms with Crippen LogP contribution in [-0.2, 0) is 4.79 Å². The molecule has 0 saturated carbocycles. The molecule has 0 spiro atoms. The van der Waals surface area contributed by atoms with Gasteiger partial charge in [0.05, 0.1) is 6.54 Å². The van der Waals surface area contributed by atoms with Gasteiger partial charge in [-0.2, -0.15) is 0 Å². The molecule has 0 aromatic rings. The van der Waals surface area contributed by atoms with Crippen molar-refractivity contribution in [1.82, 2.24) is 10.2 Å². The molecule has 1 saturated heterocycles. The minimum Gasteiger partial charge on any atom is -0.354 e. The number of hydrogen-bond acceptors (Lipinski definition) is 2. The van der Waals surface area contributed by atoms with Crippen LogP contribution in [0.15, 0.2) is 0 Å². The zero-order valence-electron chi connectivity index (χ0n) is 9.13. The summed E-state index contributed by atoms with van der Waals surface area (Å²) in [4.78, 5) is 12.8. The highest BCUT2D eigenvalue weighted by Crippen LogP contribution is 2.23. The van der Waals surface area contributed by atoms with E-state index in [2.05, 4.69) is 24.1 Å². The first-order valence-corrected chi connectivity index (χ1v) is 5.12. The fourth-order valence-electron chi connectivity index (χ4n) is 2.03. The lowest BCUT2D eigenvalue weighted by atomic mass is 10.2. The van der Waals surface area contributed by atoms with Gasteiger partial charge in [0, 0.05) is 19.0 Å². The van der Waals surface area contributed by atoms with Crippen LogP contribution in [0, 0.1) is 5.41 Å². The second-order valence-corrected chi connectivity index (χ2v) is 4.04. The Morgan fingerprint density at radius 1 is 1.43 bits per heavy atom. The van der Waals surface area contributed by atoms with Crippen molar-refractivity contribution in [2.45, 2.75) is 45.7 Å². The molecule has 4 heteroatoms. The van der Waals surface area contributed by atoms with E-state index in [9.17, 15) is 4.79 Å². The Morgan fingerprint density at radius 3 is 2.36 bits per heavy atom. The summed E-state index contributed by atoms with van der Waals surface area (Å²) in [6, 6.07) is 0.873. The molecule has 1 aliphatic rings. The molecule has 0 aromatic carbocycles. The highest BCUT2D eigenvalue weighted by atomic mass is 16.1. The third kappa shape index (κ3) is 2.47. The lowest BCUT2D eigenvalue weighted by molar-refractivity contribution is -0.118. The zero-order valence-corrected chi connectivity index (χ0v) is 9.13. The fourth-order valence-corrected chi connectivity index (χ4v) is 2.03. The third-order valence-electron chi connectivity index (χ3n) is 2.77. The molecular formula is C10H19N3O. The fraction of sp³-hybridized carbons (Fsp3) is 0.800. The number of carbonyl (C=O) groups is 1. The molecule has 0 aromatic heterocycles. The Balaban J connectivity index is 2.46. The van der Waals surface area contributed by atoms with Crippen molar-refractivity contribution < 1.29 is 4.79 Å². The monoisotopic (exact) mass is 197 g/mol. The Hall–Kier alpha value is -1.06.